The number of halogens is 1. The number of rotatable bonds is 13. The molecule has 4 heteroatoms. The van der Waals surface area contributed by atoms with Gasteiger partial charge in [0, 0.05) is 27.2 Å². The van der Waals surface area contributed by atoms with Crippen LogP contribution in [0, 0.1) is 6.92 Å². The Morgan fingerprint density at radius 1 is 0.840 bits per heavy atom. The summed E-state index contributed by atoms with van der Waals surface area (Å²) >= 11 is 6.54. The highest BCUT2D eigenvalue weighted by Crippen LogP contribution is 2.44. The van der Waals surface area contributed by atoms with Gasteiger partial charge >= 0.3 is 0 Å². The van der Waals surface area contributed by atoms with E-state index in [1.807, 2.05) is 0 Å². The molecule has 144 valence electrons. The molecule has 0 spiro atoms. The summed E-state index contributed by atoms with van der Waals surface area (Å²) in [6.45, 7) is 4.32. The van der Waals surface area contributed by atoms with Gasteiger partial charge in [-0.3, -0.25) is 0 Å². The van der Waals surface area contributed by atoms with Crippen molar-refractivity contribution < 1.29 is 14.2 Å². The minimum absolute atomic E-state index is 0.362. The summed E-state index contributed by atoms with van der Waals surface area (Å²) in [5.74, 6) is -0.839. The first kappa shape index (κ1) is 22.4. The molecule has 0 saturated heterocycles. The van der Waals surface area contributed by atoms with E-state index in [0.717, 1.165) is 18.4 Å². The lowest BCUT2D eigenvalue weighted by Crippen LogP contribution is -2.57. The molecule has 0 aliphatic carbocycles. The highest BCUT2D eigenvalue weighted by molar-refractivity contribution is 6.18. The van der Waals surface area contributed by atoms with Crippen molar-refractivity contribution in [3.63, 3.8) is 0 Å². The highest BCUT2D eigenvalue weighted by Gasteiger charge is 2.54. The summed E-state index contributed by atoms with van der Waals surface area (Å²) in [7, 11) is 4.84. The van der Waals surface area contributed by atoms with Crippen LogP contribution in [0.5, 0.6) is 0 Å². The van der Waals surface area contributed by atoms with Crippen LogP contribution in [0.3, 0.4) is 0 Å². The van der Waals surface area contributed by atoms with Gasteiger partial charge in [0.1, 0.15) is 0 Å². The van der Waals surface area contributed by atoms with E-state index in [4.69, 9.17) is 25.8 Å². The number of benzene rings is 1. The predicted molar refractivity (Wildman–Crippen MR) is 105 cm³/mol. The number of hydrogen-bond donors (Lipinski definition) is 0. The first-order chi connectivity index (χ1) is 12.1. The van der Waals surface area contributed by atoms with Crippen molar-refractivity contribution in [2.75, 3.05) is 27.2 Å². The monoisotopic (exact) mass is 370 g/mol. The van der Waals surface area contributed by atoms with Crippen LogP contribution < -0.4 is 0 Å². The fourth-order valence-corrected chi connectivity index (χ4v) is 4.07. The lowest BCUT2D eigenvalue weighted by atomic mass is 9.74. The Morgan fingerprint density at radius 3 is 1.84 bits per heavy atom. The standard InChI is InChI=1S/C21H35ClO3/c1-6-7-8-9-10-11-16-20(17-22,21(23-3,24-4)25-5)19-14-12-18(2)13-15-19/h12-15H,6-11,16-17H2,1-5H3. The third-order valence-corrected chi connectivity index (χ3v) is 5.64. The van der Waals surface area contributed by atoms with Crippen molar-refractivity contribution in [3.8, 4) is 0 Å². The van der Waals surface area contributed by atoms with Crippen LogP contribution >= 0.6 is 11.6 Å². The minimum atomic E-state index is -1.20. The maximum absolute atomic E-state index is 6.54. The Kier molecular flexibility index (Phi) is 10.0. The molecule has 0 heterocycles. The van der Waals surface area contributed by atoms with Crippen LogP contribution in [0.25, 0.3) is 0 Å². The van der Waals surface area contributed by atoms with Crippen LogP contribution in [0.1, 0.15) is 63.0 Å². The van der Waals surface area contributed by atoms with E-state index in [9.17, 15) is 0 Å². The fourth-order valence-electron chi connectivity index (χ4n) is 3.62. The second-order valence-electron chi connectivity index (χ2n) is 6.77. The normalized spacial score (nSPS) is 14.5. The Hall–Kier alpha value is -0.610. The zero-order valence-corrected chi connectivity index (χ0v) is 17.3. The minimum Gasteiger partial charge on any atom is -0.330 e. The second kappa shape index (κ2) is 11.2. The molecular formula is C21H35ClO3. The molecule has 0 radical (unpaired) electrons. The molecule has 25 heavy (non-hydrogen) atoms. The molecule has 1 aromatic carbocycles. The van der Waals surface area contributed by atoms with Crippen LogP contribution in [-0.4, -0.2) is 33.2 Å². The van der Waals surface area contributed by atoms with Gasteiger partial charge in [0.05, 0.1) is 5.41 Å². The van der Waals surface area contributed by atoms with Crippen LogP contribution in [-0.2, 0) is 19.6 Å². The highest BCUT2D eigenvalue weighted by atomic mass is 35.5. The number of hydrogen-bond acceptors (Lipinski definition) is 3. The summed E-state index contributed by atoms with van der Waals surface area (Å²) in [5.41, 5.74) is 1.74. The molecule has 3 nitrogen and oxygen atoms in total. The molecule has 1 aromatic rings. The summed E-state index contributed by atoms with van der Waals surface area (Å²) in [5, 5.41) is 0. The average molecular weight is 371 g/mol. The Bertz CT molecular complexity index is 462. The van der Waals surface area contributed by atoms with Crippen LogP contribution in [0.2, 0.25) is 0 Å². The number of unbranched alkanes of at least 4 members (excludes halogenated alkanes) is 5. The Labute approximate surface area is 159 Å². The van der Waals surface area contributed by atoms with Gasteiger partial charge in [-0.15, -0.1) is 11.6 Å². The number of aryl methyl sites for hydroxylation is 1. The maximum atomic E-state index is 6.54. The van der Waals surface area contributed by atoms with Crippen molar-refractivity contribution >= 4 is 11.6 Å². The van der Waals surface area contributed by atoms with E-state index in [0.29, 0.717) is 5.88 Å². The molecule has 1 rings (SSSR count). The predicted octanol–water partition coefficient (Wildman–Crippen LogP) is 5.82. The van der Waals surface area contributed by atoms with E-state index in [-0.39, 0.29) is 0 Å². The Balaban J connectivity index is 3.09. The summed E-state index contributed by atoms with van der Waals surface area (Å²) in [6, 6.07) is 8.43. The van der Waals surface area contributed by atoms with Crippen LogP contribution in [0.15, 0.2) is 24.3 Å². The average Bonchev–Trinajstić information content (AvgIpc) is 2.65. The van der Waals surface area contributed by atoms with Crippen molar-refractivity contribution in [2.24, 2.45) is 0 Å². The zero-order chi connectivity index (χ0) is 18.8. The van der Waals surface area contributed by atoms with E-state index < -0.39 is 11.4 Å². The van der Waals surface area contributed by atoms with E-state index in [1.165, 1.54) is 37.7 Å². The zero-order valence-electron chi connectivity index (χ0n) is 16.6. The van der Waals surface area contributed by atoms with Gasteiger partial charge in [-0.2, -0.15) is 0 Å². The summed E-state index contributed by atoms with van der Waals surface area (Å²) in [4.78, 5) is 0. The number of ether oxygens (including phenoxy) is 3. The van der Waals surface area contributed by atoms with E-state index >= 15 is 0 Å². The molecule has 0 N–H and O–H groups in total. The number of alkyl halides is 1. The summed E-state index contributed by atoms with van der Waals surface area (Å²) in [6.07, 6.45) is 8.19. The quantitative estimate of drug-likeness (QED) is 0.249. The summed E-state index contributed by atoms with van der Waals surface area (Å²) < 4.78 is 17.2. The van der Waals surface area contributed by atoms with Crippen molar-refractivity contribution in [3.05, 3.63) is 35.4 Å². The van der Waals surface area contributed by atoms with E-state index in [2.05, 4.69) is 38.1 Å². The molecule has 0 aliphatic heterocycles. The topological polar surface area (TPSA) is 27.7 Å². The van der Waals surface area contributed by atoms with Crippen molar-refractivity contribution in [2.45, 2.75) is 70.2 Å². The van der Waals surface area contributed by atoms with Crippen molar-refractivity contribution in [1.29, 1.82) is 0 Å². The number of methoxy groups -OCH3 is 3. The molecule has 1 unspecified atom stereocenters. The largest absolute Gasteiger partial charge is 0.330 e. The lowest BCUT2D eigenvalue weighted by Gasteiger charge is -2.46. The van der Waals surface area contributed by atoms with Gasteiger partial charge in [0.2, 0.25) is 0 Å². The van der Waals surface area contributed by atoms with Gasteiger partial charge in [0.15, 0.2) is 0 Å². The molecule has 0 saturated carbocycles. The van der Waals surface area contributed by atoms with Gasteiger partial charge < -0.3 is 14.2 Å². The fraction of sp³-hybridized carbons (Fsp3) is 0.714. The smallest absolute Gasteiger partial charge is 0.293 e. The third kappa shape index (κ3) is 5.19. The van der Waals surface area contributed by atoms with Gasteiger partial charge in [-0.05, 0) is 18.9 Å². The molecule has 0 aromatic heterocycles. The third-order valence-electron chi connectivity index (χ3n) is 5.18. The first-order valence-corrected chi connectivity index (χ1v) is 9.87. The maximum Gasteiger partial charge on any atom is 0.293 e. The van der Waals surface area contributed by atoms with Gasteiger partial charge in [0.25, 0.3) is 5.97 Å². The van der Waals surface area contributed by atoms with Gasteiger partial charge in [-0.25, -0.2) is 0 Å². The molecule has 0 aliphatic rings. The lowest BCUT2D eigenvalue weighted by molar-refractivity contribution is -0.385. The SMILES string of the molecule is CCCCCCCCC(CCl)(c1ccc(C)cc1)C(OC)(OC)OC. The first-order valence-electron chi connectivity index (χ1n) is 9.34. The van der Waals surface area contributed by atoms with Crippen LogP contribution in [0.4, 0.5) is 0 Å². The van der Waals surface area contributed by atoms with Crippen molar-refractivity contribution in [1.82, 2.24) is 0 Å². The van der Waals surface area contributed by atoms with Gasteiger partial charge in [-0.1, -0.05) is 75.3 Å². The molecule has 0 amide bonds. The molecule has 0 bridgehead atoms. The molecular weight excluding hydrogens is 336 g/mol. The molecule has 0 fully saturated rings. The molecule has 1 atom stereocenters. The second-order valence-corrected chi connectivity index (χ2v) is 7.04. The Morgan fingerprint density at radius 2 is 1.36 bits per heavy atom. The van der Waals surface area contributed by atoms with E-state index in [1.54, 1.807) is 21.3 Å².